The number of benzene rings is 2. The van der Waals surface area contributed by atoms with Crippen LogP contribution in [0.1, 0.15) is 34.5 Å². The predicted octanol–water partition coefficient (Wildman–Crippen LogP) is 4.90. The molecule has 1 amide bonds. The summed E-state index contributed by atoms with van der Waals surface area (Å²) in [4.78, 5) is 16.0. The number of anilines is 1. The first-order valence-electron chi connectivity index (χ1n) is 10.2. The summed E-state index contributed by atoms with van der Waals surface area (Å²) in [6.07, 6.45) is -3.41. The van der Waals surface area contributed by atoms with Crippen LogP contribution in [0.25, 0.3) is 5.69 Å². The molecule has 1 saturated carbocycles. The van der Waals surface area contributed by atoms with Gasteiger partial charge < -0.3 is 9.80 Å². The second-order valence-corrected chi connectivity index (χ2v) is 7.93. The Bertz CT molecular complexity index is 1120. The van der Waals surface area contributed by atoms with Crippen LogP contribution < -0.4 is 4.90 Å². The predicted molar refractivity (Wildman–Crippen MR) is 112 cm³/mol. The summed E-state index contributed by atoms with van der Waals surface area (Å²) in [6.45, 7) is -0.326. The number of rotatable bonds is 6. The van der Waals surface area contributed by atoms with E-state index in [2.05, 4.69) is 5.10 Å². The Morgan fingerprint density at radius 3 is 2.25 bits per heavy atom. The first-order chi connectivity index (χ1) is 15.2. The number of halogens is 4. The van der Waals surface area contributed by atoms with Crippen LogP contribution in [0.2, 0.25) is 0 Å². The smallest absolute Gasteiger partial charge is 0.362 e. The summed E-state index contributed by atoms with van der Waals surface area (Å²) in [5, 5.41) is 3.89. The molecule has 0 radical (unpaired) electrons. The number of carbonyl (C=O) groups is 1. The van der Waals surface area contributed by atoms with Gasteiger partial charge in [-0.05, 0) is 37.1 Å². The van der Waals surface area contributed by atoms with E-state index in [0.717, 1.165) is 6.07 Å². The van der Waals surface area contributed by atoms with E-state index in [-0.39, 0.29) is 29.5 Å². The zero-order valence-corrected chi connectivity index (χ0v) is 17.6. The van der Waals surface area contributed by atoms with Crippen molar-refractivity contribution in [2.45, 2.75) is 31.6 Å². The lowest BCUT2D eigenvalue weighted by Gasteiger charge is -2.25. The van der Waals surface area contributed by atoms with E-state index in [1.54, 1.807) is 49.3 Å². The Morgan fingerprint density at radius 2 is 1.69 bits per heavy atom. The van der Waals surface area contributed by atoms with Crippen molar-refractivity contribution in [3.05, 3.63) is 77.2 Å². The van der Waals surface area contributed by atoms with Crippen molar-refractivity contribution in [3.8, 4) is 5.69 Å². The molecule has 1 aromatic heterocycles. The van der Waals surface area contributed by atoms with Crippen molar-refractivity contribution in [1.82, 2.24) is 14.7 Å². The first kappa shape index (κ1) is 21.9. The molecule has 0 aliphatic heterocycles. The lowest BCUT2D eigenvalue weighted by atomic mass is 10.1. The minimum absolute atomic E-state index is 0.122. The fraction of sp³-hybridized carbons (Fsp3) is 0.304. The molecule has 0 N–H and O–H groups in total. The zero-order chi connectivity index (χ0) is 23.0. The summed E-state index contributed by atoms with van der Waals surface area (Å²) in [5.41, 5.74) is -0.874. The van der Waals surface area contributed by atoms with Gasteiger partial charge in [-0.15, -0.1) is 0 Å². The second kappa shape index (κ2) is 8.29. The molecule has 1 heterocycles. The number of alkyl halides is 3. The van der Waals surface area contributed by atoms with E-state index in [1.807, 2.05) is 0 Å². The molecule has 2 aromatic carbocycles. The van der Waals surface area contributed by atoms with Gasteiger partial charge >= 0.3 is 6.18 Å². The molecule has 4 rings (SSSR count). The number of para-hydroxylation sites is 1. The summed E-state index contributed by atoms with van der Waals surface area (Å²) in [7, 11) is 3.25. The molecule has 1 fully saturated rings. The summed E-state index contributed by atoms with van der Waals surface area (Å²) < 4.78 is 57.6. The maximum atomic E-state index is 14.3. The number of carbonyl (C=O) groups excluding carboxylic acids is 1. The van der Waals surface area contributed by atoms with Gasteiger partial charge in [0.2, 0.25) is 0 Å². The third-order valence-electron chi connectivity index (χ3n) is 5.33. The topological polar surface area (TPSA) is 41.4 Å². The van der Waals surface area contributed by atoms with Crippen molar-refractivity contribution in [2.75, 3.05) is 19.0 Å². The van der Waals surface area contributed by atoms with Crippen molar-refractivity contribution < 1.29 is 22.4 Å². The third-order valence-corrected chi connectivity index (χ3v) is 5.33. The Kier molecular flexibility index (Phi) is 5.66. The lowest BCUT2D eigenvalue weighted by molar-refractivity contribution is -0.142. The van der Waals surface area contributed by atoms with E-state index in [9.17, 15) is 22.4 Å². The van der Waals surface area contributed by atoms with E-state index >= 15 is 0 Å². The maximum absolute atomic E-state index is 14.3. The van der Waals surface area contributed by atoms with Crippen LogP contribution >= 0.6 is 0 Å². The molecule has 1 aliphatic carbocycles. The first-order valence-corrected chi connectivity index (χ1v) is 10.2. The molecule has 0 bridgehead atoms. The summed E-state index contributed by atoms with van der Waals surface area (Å²) in [6, 6.07) is 13.8. The highest BCUT2D eigenvalue weighted by molar-refractivity contribution is 5.95. The number of amides is 1. The van der Waals surface area contributed by atoms with Gasteiger partial charge in [0.1, 0.15) is 11.6 Å². The Labute approximate surface area is 182 Å². The number of nitrogens with zero attached hydrogens (tertiary/aromatic N) is 4. The fourth-order valence-electron chi connectivity index (χ4n) is 3.74. The zero-order valence-electron chi connectivity index (χ0n) is 17.6. The van der Waals surface area contributed by atoms with Crippen molar-refractivity contribution in [3.63, 3.8) is 0 Å². The Balaban J connectivity index is 1.83. The monoisotopic (exact) mass is 446 g/mol. The number of hydrogen-bond acceptors (Lipinski definition) is 3. The number of hydrogen-bond donors (Lipinski definition) is 0. The van der Waals surface area contributed by atoms with Crippen LogP contribution in [0.3, 0.4) is 0 Å². The molecular weight excluding hydrogens is 424 g/mol. The molecule has 32 heavy (non-hydrogen) atoms. The normalized spacial score (nSPS) is 13.8. The molecule has 0 unspecified atom stereocenters. The van der Waals surface area contributed by atoms with Crippen molar-refractivity contribution in [2.24, 2.45) is 0 Å². The van der Waals surface area contributed by atoms with Gasteiger partial charge in [0, 0.05) is 25.7 Å². The number of aromatic nitrogens is 2. The molecule has 0 atom stereocenters. The highest BCUT2D eigenvalue weighted by atomic mass is 19.4. The summed E-state index contributed by atoms with van der Waals surface area (Å²) in [5.74, 6) is -1.11. The van der Waals surface area contributed by atoms with Gasteiger partial charge in [-0.2, -0.15) is 18.3 Å². The van der Waals surface area contributed by atoms with Gasteiger partial charge in [-0.25, -0.2) is 9.07 Å². The molecule has 0 spiro atoms. The van der Waals surface area contributed by atoms with E-state index in [1.165, 1.54) is 27.8 Å². The molecule has 0 saturated heterocycles. The van der Waals surface area contributed by atoms with E-state index in [0.29, 0.717) is 18.5 Å². The van der Waals surface area contributed by atoms with Crippen LogP contribution in [0.15, 0.2) is 54.6 Å². The van der Waals surface area contributed by atoms with Gasteiger partial charge in [0.05, 0.1) is 17.8 Å². The van der Waals surface area contributed by atoms with Crippen LogP contribution in [0.5, 0.6) is 0 Å². The molecule has 168 valence electrons. The molecule has 3 aromatic rings. The molecule has 5 nitrogen and oxygen atoms in total. The van der Waals surface area contributed by atoms with Gasteiger partial charge in [0.15, 0.2) is 5.69 Å². The SMILES string of the molecule is CN(C)c1c(CN(C(=O)c2ccccc2F)C2CC2)c(C(F)(F)F)nn1-c1ccccc1. The minimum atomic E-state index is -4.73. The van der Waals surface area contributed by atoms with Crippen molar-refractivity contribution in [1.29, 1.82) is 0 Å². The Morgan fingerprint density at radius 1 is 1.06 bits per heavy atom. The summed E-state index contributed by atoms with van der Waals surface area (Å²) >= 11 is 0. The van der Waals surface area contributed by atoms with Gasteiger partial charge in [-0.1, -0.05) is 30.3 Å². The standard InChI is InChI=1S/C23H22F4N4O/c1-29(2)21-18(20(23(25,26)27)28-31(21)16-8-4-3-5-9-16)14-30(15-12-13-15)22(32)17-10-6-7-11-19(17)24/h3-11,15H,12-14H2,1-2H3. The van der Waals surface area contributed by atoms with E-state index < -0.39 is 23.6 Å². The maximum Gasteiger partial charge on any atom is 0.435 e. The highest BCUT2D eigenvalue weighted by Crippen LogP contribution is 2.39. The Hall–Kier alpha value is -3.36. The highest BCUT2D eigenvalue weighted by Gasteiger charge is 2.43. The average molecular weight is 446 g/mol. The largest absolute Gasteiger partial charge is 0.435 e. The fourth-order valence-corrected chi connectivity index (χ4v) is 3.74. The molecule has 9 heteroatoms. The van der Waals surface area contributed by atoms with Crippen LogP contribution in [-0.2, 0) is 12.7 Å². The van der Waals surface area contributed by atoms with Crippen LogP contribution in [-0.4, -0.2) is 40.7 Å². The van der Waals surface area contributed by atoms with Crippen LogP contribution in [0.4, 0.5) is 23.4 Å². The van der Waals surface area contributed by atoms with E-state index in [4.69, 9.17) is 0 Å². The average Bonchev–Trinajstić information content (AvgIpc) is 3.51. The van der Waals surface area contributed by atoms with Crippen molar-refractivity contribution >= 4 is 11.7 Å². The lowest BCUT2D eigenvalue weighted by Crippen LogP contribution is -2.34. The van der Waals surface area contributed by atoms with Gasteiger partial charge in [-0.3, -0.25) is 4.79 Å². The third kappa shape index (κ3) is 4.19. The molecular formula is C23H22F4N4O. The molecule has 1 aliphatic rings. The van der Waals surface area contributed by atoms with Gasteiger partial charge in [0.25, 0.3) is 5.91 Å². The second-order valence-electron chi connectivity index (χ2n) is 7.93. The minimum Gasteiger partial charge on any atom is -0.362 e. The van der Waals surface area contributed by atoms with Crippen LogP contribution in [0, 0.1) is 5.82 Å². The quantitative estimate of drug-likeness (QED) is 0.506.